The first-order chi connectivity index (χ1) is 8.28. The van der Waals surface area contributed by atoms with Crippen LogP contribution < -0.4 is 15.2 Å². The zero-order valence-corrected chi connectivity index (χ0v) is 9.33. The molecular formula is C11H12N4O2. The smallest absolute Gasteiger partial charge is 0.324 e. The van der Waals surface area contributed by atoms with Gasteiger partial charge in [-0.3, -0.25) is 0 Å². The summed E-state index contributed by atoms with van der Waals surface area (Å²) in [5.74, 6) is 0.0694. The molecular weight excluding hydrogens is 220 g/mol. The number of hydrogen-bond donors (Lipinski definition) is 1. The molecule has 0 bridgehead atoms. The number of benzene rings is 1. The van der Waals surface area contributed by atoms with Crippen LogP contribution in [0.3, 0.4) is 0 Å². The lowest BCUT2D eigenvalue weighted by Gasteiger charge is -2.05. The molecule has 0 aliphatic carbocycles. The molecule has 2 aromatic rings. The van der Waals surface area contributed by atoms with E-state index in [0.29, 0.717) is 6.61 Å². The molecule has 0 spiro atoms. The highest BCUT2D eigenvalue weighted by Crippen LogP contribution is 2.11. The lowest BCUT2D eigenvalue weighted by atomic mass is 10.2. The Morgan fingerprint density at radius 3 is 2.47 bits per heavy atom. The second kappa shape index (κ2) is 5.11. The van der Waals surface area contributed by atoms with E-state index in [4.69, 9.17) is 15.2 Å². The fourth-order valence-electron chi connectivity index (χ4n) is 1.23. The van der Waals surface area contributed by atoms with Crippen LogP contribution in [0.25, 0.3) is 0 Å². The van der Waals surface area contributed by atoms with Crippen molar-refractivity contribution in [2.45, 2.75) is 6.61 Å². The number of nitrogens with two attached hydrogens (primary N) is 1. The van der Waals surface area contributed by atoms with Gasteiger partial charge in [-0.15, -0.1) is 4.98 Å². The zero-order valence-electron chi connectivity index (χ0n) is 9.33. The van der Waals surface area contributed by atoms with E-state index >= 15 is 0 Å². The van der Waals surface area contributed by atoms with Crippen LogP contribution in [0.2, 0.25) is 0 Å². The second-order valence-corrected chi connectivity index (χ2v) is 3.24. The summed E-state index contributed by atoms with van der Waals surface area (Å²) < 4.78 is 10.3. The molecule has 2 N–H and O–H groups in total. The van der Waals surface area contributed by atoms with E-state index in [1.807, 2.05) is 30.3 Å². The Kier molecular flexibility index (Phi) is 3.34. The van der Waals surface area contributed by atoms with Crippen molar-refractivity contribution in [3.8, 4) is 12.0 Å². The first-order valence-corrected chi connectivity index (χ1v) is 5.00. The molecule has 0 radical (unpaired) electrons. The van der Waals surface area contributed by atoms with Crippen molar-refractivity contribution in [2.75, 3.05) is 12.8 Å². The summed E-state index contributed by atoms with van der Waals surface area (Å²) in [6.07, 6.45) is 0. The van der Waals surface area contributed by atoms with Gasteiger partial charge >= 0.3 is 12.0 Å². The third-order valence-corrected chi connectivity index (χ3v) is 2.01. The van der Waals surface area contributed by atoms with Gasteiger partial charge in [0.05, 0.1) is 7.11 Å². The van der Waals surface area contributed by atoms with Crippen molar-refractivity contribution in [1.82, 2.24) is 15.0 Å². The lowest BCUT2D eigenvalue weighted by molar-refractivity contribution is 0.271. The molecule has 1 aromatic heterocycles. The van der Waals surface area contributed by atoms with Crippen LogP contribution in [-0.4, -0.2) is 22.1 Å². The van der Waals surface area contributed by atoms with Crippen molar-refractivity contribution in [2.24, 2.45) is 0 Å². The van der Waals surface area contributed by atoms with Gasteiger partial charge in [-0.2, -0.15) is 9.97 Å². The predicted molar refractivity (Wildman–Crippen MR) is 61.6 cm³/mol. The Morgan fingerprint density at radius 1 is 1.06 bits per heavy atom. The molecule has 0 aliphatic heterocycles. The SMILES string of the molecule is COc1nc(N)nc(OCc2ccccc2)n1. The van der Waals surface area contributed by atoms with E-state index in [0.717, 1.165) is 5.56 Å². The number of rotatable bonds is 4. The molecule has 0 aliphatic rings. The van der Waals surface area contributed by atoms with Gasteiger partial charge in [-0.25, -0.2) is 0 Å². The molecule has 0 amide bonds. The average Bonchev–Trinajstić information content (AvgIpc) is 2.37. The quantitative estimate of drug-likeness (QED) is 0.848. The Labute approximate surface area is 98.4 Å². The molecule has 88 valence electrons. The summed E-state index contributed by atoms with van der Waals surface area (Å²) in [5, 5.41) is 0. The van der Waals surface area contributed by atoms with Crippen LogP contribution in [0.5, 0.6) is 12.0 Å². The standard InChI is InChI=1S/C11H12N4O2/c1-16-10-13-9(12)14-11(15-10)17-7-8-5-3-2-4-6-8/h2-6H,7H2,1H3,(H2,12,13,14,15). The van der Waals surface area contributed by atoms with Crippen LogP contribution in [0.4, 0.5) is 5.95 Å². The molecule has 0 unspecified atom stereocenters. The highest BCUT2D eigenvalue weighted by atomic mass is 16.5. The van der Waals surface area contributed by atoms with E-state index in [-0.39, 0.29) is 18.0 Å². The van der Waals surface area contributed by atoms with Gasteiger partial charge in [-0.05, 0) is 5.56 Å². The number of ether oxygens (including phenoxy) is 2. The average molecular weight is 232 g/mol. The minimum Gasteiger partial charge on any atom is -0.467 e. The number of aromatic nitrogens is 3. The summed E-state index contributed by atoms with van der Waals surface area (Å²) in [6, 6.07) is 9.98. The van der Waals surface area contributed by atoms with Crippen molar-refractivity contribution in [1.29, 1.82) is 0 Å². The number of nitrogens with zero attached hydrogens (tertiary/aromatic N) is 3. The molecule has 2 rings (SSSR count). The Bertz CT molecular complexity index is 490. The first kappa shape index (κ1) is 11.1. The molecule has 0 saturated heterocycles. The van der Waals surface area contributed by atoms with Gasteiger partial charge in [0.2, 0.25) is 5.95 Å². The number of nitrogen functional groups attached to an aromatic ring is 1. The fraction of sp³-hybridized carbons (Fsp3) is 0.182. The van der Waals surface area contributed by atoms with Gasteiger partial charge in [0, 0.05) is 0 Å². The molecule has 0 saturated carbocycles. The van der Waals surface area contributed by atoms with Gasteiger partial charge in [-0.1, -0.05) is 30.3 Å². The molecule has 6 nitrogen and oxygen atoms in total. The Morgan fingerprint density at radius 2 is 1.76 bits per heavy atom. The Hall–Kier alpha value is -2.37. The first-order valence-electron chi connectivity index (χ1n) is 5.00. The second-order valence-electron chi connectivity index (χ2n) is 3.24. The predicted octanol–water partition coefficient (Wildman–Crippen LogP) is 1.04. The largest absolute Gasteiger partial charge is 0.467 e. The van der Waals surface area contributed by atoms with E-state index in [2.05, 4.69) is 15.0 Å². The molecule has 17 heavy (non-hydrogen) atoms. The van der Waals surface area contributed by atoms with Crippen LogP contribution in [0.15, 0.2) is 30.3 Å². The van der Waals surface area contributed by atoms with Crippen LogP contribution in [0.1, 0.15) is 5.56 Å². The number of anilines is 1. The van der Waals surface area contributed by atoms with Crippen LogP contribution in [0, 0.1) is 0 Å². The molecule has 0 atom stereocenters. The van der Waals surface area contributed by atoms with Crippen LogP contribution in [-0.2, 0) is 6.61 Å². The van der Waals surface area contributed by atoms with Crippen molar-refractivity contribution in [3.63, 3.8) is 0 Å². The minimum atomic E-state index is 0.0694. The Balaban J connectivity index is 2.06. The maximum atomic E-state index is 5.48. The topological polar surface area (TPSA) is 83.2 Å². The van der Waals surface area contributed by atoms with E-state index in [1.54, 1.807) is 0 Å². The minimum absolute atomic E-state index is 0.0694. The maximum Gasteiger partial charge on any atom is 0.324 e. The highest BCUT2D eigenvalue weighted by Gasteiger charge is 2.05. The van der Waals surface area contributed by atoms with Gasteiger partial charge in [0.1, 0.15) is 6.61 Å². The summed E-state index contributed by atoms with van der Waals surface area (Å²) in [4.78, 5) is 11.5. The third kappa shape index (κ3) is 3.04. The summed E-state index contributed by atoms with van der Waals surface area (Å²) in [7, 11) is 1.45. The molecule has 6 heteroatoms. The number of hydrogen-bond acceptors (Lipinski definition) is 6. The lowest BCUT2D eigenvalue weighted by Crippen LogP contribution is -2.05. The van der Waals surface area contributed by atoms with Gasteiger partial charge < -0.3 is 15.2 Å². The monoisotopic (exact) mass is 232 g/mol. The molecule has 1 aromatic carbocycles. The van der Waals surface area contributed by atoms with Crippen molar-refractivity contribution < 1.29 is 9.47 Å². The van der Waals surface area contributed by atoms with Gasteiger partial charge in [0.25, 0.3) is 0 Å². The molecule has 1 heterocycles. The third-order valence-electron chi connectivity index (χ3n) is 2.01. The highest BCUT2D eigenvalue weighted by molar-refractivity contribution is 5.21. The van der Waals surface area contributed by atoms with Crippen LogP contribution >= 0.6 is 0 Å². The number of methoxy groups -OCH3 is 1. The summed E-state index contributed by atoms with van der Waals surface area (Å²) in [6.45, 7) is 0.368. The fourth-order valence-corrected chi connectivity index (χ4v) is 1.23. The van der Waals surface area contributed by atoms with Gasteiger partial charge in [0.15, 0.2) is 0 Å². The summed E-state index contributed by atoms with van der Waals surface area (Å²) >= 11 is 0. The van der Waals surface area contributed by atoms with E-state index < -0.39 is 0 Å². The normalized spacial score (nSPS) is 9.94. The van der Waals surface area contributed by atoms with E-state index in [9.17, 15) is 0 Å². The summed E-state index contributed by atoms with van der Waals surface area (Å²) in [5.41, 5.74) is 6.50. The zero-order chi connectivity index (χ0) is 12.1. The van der Waals surface area contributed by atoms with Crippen molar-refractivity contribution in [3.05, 3.63) is 35.9 Å². The van der Waals surface area contributed by atoms with E-state index in [1.165, 1.54) is 7.11 Å². The maximum absolute atomic E-state index is 5.48. The molecule has 0 fully saturated rings. The van der Waals surface area contributed by atoms with Crippen molar-refractivity contribution >= 4 is 5.95 Å².